The number of aliphatic hydroxyl groups excluding tert-OH is 1. The molecule has 1 amide bonds. The number of hydrogen-bond donors (Lipinski definition) is 1. The quantitative estimate of drug-likeness (QED) is 0.901. The zero-order valence-electron chi connectivity index (χ0n) is 12.6. The molecule has 1 aromatic rings. The second-order valence-corrected chi connectivity index (χ2v) is 6.33. The highest BCUT2D eigenvalue weighted by molar-refractivity contribution is 5.97. The van der Waals surface area contributed by atoms with Crippen molar-refractivity contribution in [1.82, 2.24) is 14.9 Å². The Labute approximate surface area is 124 Å². The summed E-state index contributed by atoms with van der Waals surface area (Å²) >= 11 is 0. The van der Waals surface area contributed by atoms with E-state index in [-0.39, 0.29) is 12.0 Å². The lowest BCUT2D eigenvalue weighted by Gasteiger charge is -2.29. The second-order valence-electron chi connectivity index (χ2n) is 6.33. The monoisotopic (exact) mass is 290 g/mol. The molecule has 0 radical (unpaired) electrons. The molecule has 0 aliphatic carbocycles. The number of nitrogens with zero attached hydrogens (tertiary/aromatic N) is 4. The molecule has 0 unspecified atom stereocenters. The van der Waals surface area contributed by atoms with Crippen molar-refractivity contribution >= 4 is 11.9 Å². The summed E-state index contributed by atoms with van der Waals surface area (Å²) in [6, 6.07) is 0. The third-order valence-corrected chi connectivity index (χ3v) is 4.05. The number of amides is 1. The summed E-state index contributed by atoms with van der Waals surface area (Å²) in [6.07, 6.45) is 2.95. The zero-order valence-corrected chi connectivity index (χ0v) is 12.6. The molecule has 1 fully saturated rings. The number of carbonyl (C=O) groups excluding carboxylic acids is 1. The average molecular weight is 290 g/mol. The maximum atomic E-state index is 12.3. The van der Waals surface area contributed by atoms with Crippen LogP contribution in [0.5, 0.6) is 0 Å². The van der Waals surface area contributed by atoms with Gasteiger partial charge in [0.1, 0.15) is 0 Å². The van der Waals surface area contributed by atoms with Crippen LogP contribution >= 0.6 is 0 Å². The van der Waals surface area contributed by atoms with E-state index in [1.807, 2.05) is 4.90 Å². The first-order chi connectivity index (χ1) is 10.0. The van der Waals surface area contributed by atoms with Gasteiger partial charge in [-0.05, 0) is 18.8 Å². The van der Waals surface area contributed by atoms with E-state index < -0.39 is 0 Å². The van der Waals surface area contributed by atoms with Gasteiger partial charge in [0.2, 0.25) is 5.95 Å². The van der Waals surface area contributed by atoms with Crippen LogP contribution in [0.3, 0.4) is 0 Å². The number of anilines is 1. The van der Waals surface area contributed by atoms with Gasteiger partial charge in [0.25, 0.3) is 5.91 Å². The molecule has 1 N–H and O–H groups in total. The van der Waals surface area contributed by atoms with Crippen molar-refractivity contribution in [2.45, 2.75) is 39.3 Å². The Bertz CT molecular complexity index is 538. The van der Waals surface area contributed by atoms with E-state index in [0.717, 1.165) is 38.2 Å². The highest BCUT2D eigenvalue weighted by atomic mass is 16.3. The summed E-state index contributed by atoms with van der Waals surface area (Å²) in [7, 11) is 0. The molecule has 6 nitrogen and oxygen atoms in total. The molecule has 2 aliphatic rings. The number of piperidine rings is 1. The van der Waals surface area contributed by atoms with E-state index in [4.69, 9.17) is 0 Å². The van der Waals surface area contributed by atoms with Crippen LogP contribution in [0.2, 0.25) is 0 Å². The van der Waals surface area contributed by atoms with E-state index in [9.17, 15) is 9.90 Å². The van der Waals surface area contributed by atoms with Gasteiger partial charge in [-0.15, -0.1) is 0 Å². The first-order valence-corrected chi connectivity index (χ1v) is 7.63. The molecule has 1 aromatic heterocycles. The first-order valence-electron chi connectivity index (χ1n) is 7.63. The fourth-order valence-electron chi connectivity index (χ4n) is 2.94. The minimum Gasteiger partial charge on any atom is -0.393 e. The molecule has 114 valence electrons. The van der Waals surface area contributed by atoms with E-state index >= 15 is 0 Å². The highest BCUT2D eigenvalue weighted by Gasteiger charge is 2.30. The fourth-order valence-corrected chi connectivity index (χ4v) is 2.94. The van der Waals surface area contributed by atoms with E-state index in [2.05, 4.69) is 28.7 Å². The van der Waals surface area contributed by atoms with Gasteiger partial charge in [0.15, 0.2) is 0 Å². The van der Waals surface area contributed by atoms with Crippen LogP contribution < -0.4 is 4.90 Å². The lowest BCUT2D eigenvalue weighted by Crippen LogP contribution is -2.37. The van der Waals surface area contributed by atoms with Gasteiger partial charge < -0.3 is 14.9 Å². The maximum Gasteiger partial charge on any atom is 0.257 e. The van der Waals surface area contributed by atoms with Crippen LogP contribution in [0, 0.1) is 5.92 Å². The number of rotatable bonds is 3. The van der Waals surface area contributed by atoms with Crippen LogP contribution in [0.1, 0.15) is 42.7 Å². The molecule has 21 heavy (non-hydrogen) atoms. The summed E-state index contributed by atoms with van der Waals surface area (Å²) in [5.74, 6) is 1.17. The maximum absolute atomic E-state index is 12.3. The van der Waals surface area contributed by atoms with Crippen LogP contribution in [0.15, 0.2) is 6.20 Å². The van der Waals surface area contributed by atoms with Crippen molar-refractivity contribution < 1.29 is 9.90 Å². The Morgan fingerprint density at radius 2 is 2.10 bits per heavy atom. The van der Waals surface area contributed by atoms with Crippen molar-refractivity contribution in [3.8, 4) is 0 Å². The number of hydrogen-bond acceptors (Lipinski definition) is 5. The smallest absolute Gasteiger partial charge is 0.257 e. The Morgan fingerprint density at radius 1 is 1.38 bits per heavy atom. The Kier molecular flexibility index (Phi) is 3.80. The largest absolute Gasteiger partial charge is 0.393 e. The number of aliphatic hydroxyl groups is 1. The van der Waals surface area contributed by atoms with Crippen molar-refractivity contribution in [2.75, 3.05) is 24.5 Å². The molecular formula is C15H22N4O2. The van der Waals surface area contributed by atoms with Crippen molar-refractivity contribution in [2.24, 2.45) is 5.92 Å². The van der Waals surface area contributed by atoms with E-state index in [1.54, 1.807) is 6.20 Å². The van der Waals surface area contributed by atoms with Crippen LogP contribution in [-0.4, -0.2) is 51.6 Å². The van der Waals surface area contributed by atoms with Gasteiger partial charge >= 0.3 is 0 Å². The third kappa shape index (κ3) is 2.85. The highest BCUT2D eigenvalue weighted by Crippen LogP contribution is 2.24. The van der Waals surface area contributed by atoms with Gasteiger partial charge in [-0.3, -0.25) is 4.79 Å². The number of fused-ring (bicyclic) bond motifs is 1. The zero-order chi connectivity index (χ0) is 15.0. The third-order valence-electron chi connectivity index (χ3n) is 4.05. The summed E-state index contributed by atoms with van der Waals surface area (Å²) in [5, 5.41) is 9.56. The molecule has 0 spiro atoms. The van der Waals surface area contributed by atoms with E-state index in [1.165, 1.54) is 0 Å². The van der Waals surface area contributed by atoms with Gasteiger partial charge in [-0.25, -0.2) is 9.97 Å². The molecule has 3 rings (SSSR count). The normalized spacial score (nSPS) is 19.5. The SMILES string of the molecule is CC(C)CN1Cc2nc(N3CCC(O)CC3)ncc2C1=O. The average Bonchev–Trinajstić information content (AvgIpc) is 2.75. The predicted molar refractivity (Wildman–Crippen MR) is 79.1 cm³/mol. The lowest BCUT2D eigenvalue weighted by atomic mass is 10.1. The molecule has 0 saturated carbocycles. The topological polar surface area (TPSA) is 69.6 Å². The predicted octanol–water partition coefficient (Wildman–Crippen LogP) is 1.05. The van der Waals surface area contributed by atoms with Crippen LogP contribution in [0.4, 0.5) is 5.95 Å². The van der Waals surface area contributed by atoms with Crippen molar-refractivity contribution in [1.29, 1.82) is 0 Å². The standard InChI is InChI=1S/C15H22N4O2/c1-10(2)8-19-9-13-12(14(19)21)7-16-15(17-13)18-5-3-11(20)4-6-18/h7,10-11,20H,3-6,8-9H2,1-2H3. The second kappa shape index (κ2) is 5.60. The molecule has 0 bridgehead atoms. The van der Waals surface area contributed by atoms with Gasteiger partial charge in [-0.1, -0.05) is 13.8 Å². The fraction of sp³-hybridized carbons (Fsp3) is 0.667. The van der Waals surface area contributed by atoms with Gasteiger partial charge in [-0.2, -0.15) is 0 Å². The summed E-state index contributed by atoms with van der Waals surface area (Å²) in [5.41, 5.74) is 1.47. The Hall–Kier alpha value is -1.69. The van der Waals surface area contributed by atoms with E-state index in [0.29, 0.717) is 24.0 Å². The van der Waals surface area contributed by atoms with Crippen molar-refractivity contribution in [3.05, 3.63) is 17.5 Å². The van der Waals surface area contributed by atoms with Crippen LogP contribution in [-0.2, 0) is 6.54 Å². The first kappa shape index (κ1) is 14.3. The molecule has 6 heteroatoms. The van der Waals surface area contributed by atoms with Crippen LogP contribution in [0.25, 0.3) is 0 Å². The summed E-state index contributed by atoms with van der Waals surface area (Å²) < 4.78 is 0. The number of carbonyl (C=O) groups is 1. The molecular weight excluding hydrogens is 268 g/mol. The Morgan fingerprint density at radius 3 is 2.76 bits per heavy atom. The summed E-state index contributed by atoms with van der Waals surface area (Å²) in [4.78, 5) is 25.1. The lowest BCUT2D eigenvalue weighted by molar-refractivity contribution is 0.0759. The molecule has 1 saturated heterocycles. The summed E-state index contributed by atoms with van der Waals surface area (Å²) in [6.45, 7) is 7.07. The van der Waals surface area contributed by atoms with Crippen molar-refractivity contribution in [3.63, 3.8) is 0 Å². The molecule has 2 aliphatic heterocycles. The molecule has 0 aromatic carbocycles. The Balaban J connectivity index is 1.76. The molecule has 3 heterocycles. The van der Waals surface area contributed by atoms with Gasteiger partial charge in [0, 0.05) is 25.8 Å². The number of aromatic nitrogens is 2. The minimum atomic E-state index is -0.209. The van der Waals surface area contributed by atoms with Gasteiger partial charge in [0.05, 0.1) is 23.9 Å². The molecule has 0 atom stereocenters. The minimum absolute atomic E-state index is 0.0410.